The number of phenolic OH excluding ortho intramolecular Hbond substituents is 1. The van der Waals surface area contributed by atoms with Crippen molar-refractivity contribution in [2.75, 3.05) is 5.75 Å². The Bertz CT molecular complexity index is 782. The fraction of sp³-hybridized carbons (Fsp3) is 0.550. The van der Waals surface area contributed by atoms with Gasteiger partial charge in [0.15, 0.2) is 5.17 Å². The summed E-state index contributed by atoms with van der Waals surface area (Å²) in [5, 5.41) is 21.5. The van der Waals surface area contributed by atoms with Crippen molar-refractivity contribution in [1.82, 2.24) is 5.32 Å². The lowest BCUT2D eigenvalue weighted by Gasteiger charge is -2.57. The summed E-state index contributed by atoms with van der Waals surface area (Å²) in [5.41, 5.74) is 2.36. The average molecular weight is 369 g/mol. The number of thioether (sulfide) groups is 1. The van der Waals surface area contributed by atoms with Crippen LogP contribution in [0.1, 0.15) is 49.7 Å². The van der Waals surface area contributed by atoms with E-state index in [1.165, 1.54) is 55.9 Å². The highest BCUT2D eigenvalue weighted by atomic mass is 32.2. The summed E-state index contributed by atoms with van der Waals surface area (Å²) >= 11 is 1.34. The average Bonchev–Trinajstić information content (AvgIpc) is 3.00. The zero-order valence-electron chi connectivity index (χ0n) is 14.6. The third-order valence-corrected chi connectivity index (χ3v) is 7.47. The first-order chi connectivity index (χ1) is 12.6. The van der Waals surface area contributed by atoms with Gasteiger partial charge in [0.1, 0.15) is 5.75 Å². The third kappa shape index (κ3) is 2.84. The van der Waals surface area contributed by atoms with E-state index in [4.69, 9.17) is 0 Å². The second kappa shape index (κ2) is 6.12. The Labute approximate surface area is 157 Å². The number of hydrogen-bond acceptors (Lipinski definition) is 5. The van der Waals surface area contributed by atoms with Gasteiger partial charge in [-0.3, -0.25) is 4.79 Å². The number of benzene rings is 1. The SMILES string of the molecule is O=C1CSC(=NN=Cc2cc(C34CC5CC(CC(C5)C3)C4)ccc2O)N1. The maximum atomic E-state index is 11.2. The maximum absolute atomic E-state index is 11.2. The van der Waals surface area contributed by atoms with E-state index in [0.717, 1.165) is 17.8 Å². The lowest BCUT2D eigenvalue weighted by molar-refractivity contribution is -0.116. The highest BCUT2D eigenvalue weighted by Gasteiger charge is 2.51. The quantitative estimate of drug-likeness (QED) is 0.633. The smallest absolute Gasteiger partial charge is 0.236 e. The van der Waals surface area contributed by atoms with Crippen molar-refractivity contribution >= 4 is 29.1 Å². The number of amidine groups is 1. The molecule has 1 heterocycles. The molecule has 5 aliphatic rings. The van der Waals surface area contributed by atoms with Crippen LogP contribution in [0.4, 0.5) is 0 Å². The van der Waals surface area contributed by atoms with Crippen molar-refractivity contribution in [1.29, 1.82) is 0 Å². The molecule has 0 unspecified atom stereocenters. The zero-order valence-corrected chi connectivity index (χ0v) is 15.5. The monoisotopic (exact) mass is 369 g/mol. The van der Waals surface area contributed by atoms with Gasteiger partial charge in [-0.25, -0.2) is 0 Å². The van der Waals surface area contributed by atoms with Crippen LogP contribution in [-0.2, 0) is 10.2 Å². The molecule has 26 heavy (non-hydrogen) atoms. The van der Waals surface area contributed by atoms with Crippen molar-refractivity contribution in [2.45, 2.75) is 43.9 Å². The van der Waals surface area contributed by atoms with Crippen molar-refractivity contribution in [2.24, 2.45) is 28.0 Å². The van der Waals surface area contributed by atoms with Gasteiger partial charge in [-0.1, -0.05) is 17.8 Å². The minimum Gasteiger partial charge on any atom is -0.507 e. The number of amides is 1. The fourth-order valence-corrected chi connectivity index (χ4v) is 6.61. The molecule has 136 valence electrons. The summed E-state index contributed by atoms with van der Waals surface area (Å²) in [6.07, 6.45) is 9.75. The molecular weight excluding hydrogens is 346 g/mol. The molecule has 0 spiro atoms. The summed E-state index contributed by atoms with van der Waals surface area (Å²) in [5.74, 6) is 3.24. The molecule has 4 bridgehead atoms. The number of nitrogens with zero attached hydrogens (tertiary/aromatic N) is 2. The van der Waals surface area contributed by atoms with E-state index in [-0.39, 0.29) is 11.7 Å². The number of nitrogens with one attached hydrogen (secondary N) is 1. The number of carbonyl (C=O) groups is 1. The molecule has 0 atom stereocenters. The third-order valence-electron chi connectivity index (χ3n) is 6.61. The first-order valence-electron chi connectivity index (χ1n) is 9.47. The molecule has 0 radical (unpaired) electrons. The van der Waals surface area contributed by atoms with Crippen molar-refractivity contribution in [3.63, 3.8) is 0 Å². The molecule has 5 nitrogen and oxygen atoms in total. The molecule has 1 amide bonds. The van der Waals surface area contributed by atoms with Crippen LogP contribution >= 0.6 is 11.8 Å². The molecular formula is C20H23N3O2S. The first-order valence-corrected chi connectivity index (χ1v) is 10.5. The number of carbonyl (C=O) groups excluding carboxylic acids is 1. The molecule has 1 aromatic rings. The van der Waals surface area contributed by atoms with Gasteiger partial charge in [-0.15, -0.1) is 5.10 Å². The lowest BCUT2D eigenvalue weighted by atomic mass is 9.48. The van der Waals surface area contributed by atoms with E-state index in [1.807, 2.05) is 0 Å². The van der Waals surface area contributed by atoms with Crippen LogP contribution < -0.4 is 5.32 Å². The van der Waals surface area contributed by atoms with Crippen LogP contribution in [0, 0.1) is 17.8 Å². The van der Waals surface area contributed by atoms with E-state index < -0.39 is 0 Å². The Hall–Kier alpha value is -1.82. The van der Waals surface area contributed by atoms with Gasteiger partial charge in [0.05, 0.1) is 12.0 Å². The Morgan fingerprint density at radius 2 is 1.85 bits per heavy atom. The first kappa shape index (κ1) is 16.4. The van der Waals surface area contributed by atoms with Gasteiger partial charge in [0, 0.05) is 5.56 Å². The predicted molar refractivity (Wildman–Crippen MR) is 104 cm³/mol. The normalized spacial score (nSPS) is 37.0. The molecule has 5 fully saturated rings. The fourth-order valence-electron chi connectivity index (χ4n) is 5.97. The van der Waals surface area contributed by atoms with Gasteiger partial charge in [0.2, 0.25) is 5.91 Å². The standard InChI is InChI=1S/C20H23N3O2S/c24-17-2-1-16(6-15(17)10-21-23-19-22-18(25)11-26-19)20-7-12-3-13(8-20)5-14(4-12)9-20/h1-2,6,10,12-14,24H,3-5,7-9,11H2,(H,22,23,25). The maximum Gasteiger partial charge on any atom is 0.236 e. The van der Waals surface area contributed by atoms with Crippen molar-refractivity contribution in [3.8, 4) is 5.75 Å². The largest absolute Gasteiger partial charge is 0.507 e. The lowest BCUT2D eigenvalue weighted by Crippen LogP contribution is -2.48. The molecule has 1 saturated heterocycles. The van der Waals surface area contributed by atoms with Crippen LogP contribution in [0.15, 0.2) is 28.4 Å². The van der Waals surface area contributed by atoms with Gasteiger partial charge in [-0.05, 0) is 79.4 Å². The second-order valence-electron chi connectivity index (χ2n) is 8.46. The number of hydrogen-bond donors (Lipinski definition) is 2. The molecule has 6 rings (SSSR count). The van der Waals surface area contributed by atoms with Gasteiger partial charge >= 0.3 is 0 Å². The summed E-state index contributed by atoms with van der Waals surface area (Å²) in [4.78, 5) is 11.2. The summed E-state index contributed by atoms with van der Waals surface area (Å²) in [6, 6.07) is 6.01. The minimum absolute atomic E-state index is 0.0457. The zero-order chi connectivity index (χ0) is 17.7. The van der Waals surface area contributed by atoms with Crippen molar-refractivity contribution < 1.29 is 9.90 Å². The second-order valence-corrected chi connectivity index (χ2v) is 9.42. The van der Waals surface area contributed by atoms with E-state index in [2.05, 4.69) is 27.7 Å². The number of aromatic hydroxyl groups is 1. The number of rotatable bonds is 3. The van der Waals surface area contributed by atoms with E-state index in [1.54, 1.807) is 12.3 Å². The van der Waals surface area contributed by atoms with E-state index in [9.17, 15) is 9.90 Å². The summed E-state index contributed by atoms with van der Waals surface area (Å²) in [6.45, 7) is 0. The molecule has 4 aliphatic carbocycles. The van der Waals surface area contributed by atoms with Crippen LogP contribution in [-0.4, -0.2) is 28.1 Å². The predicted octanol–water partition coefficient (Wildman–Crippen LogP) is 3.41. The highest BCUT2D eigenvalue weighted by Crippen LogP contribution is 2.60. The Morgan fingerprint density at radius 3 is 2.46 bits per heavy atom. The molecule has 6 heteroatoms. The Kier molecular flexibility index (Phi) is 3.85. The molecule has 2 N–H and O–H groups in total. The molecule has 1 aliphatic heterocycles. The van der Waals surface area contributed by atoms with Gasteiger partial charge in [0.25, 0.3) is 0 Å². The van der Waals surface area contributed by atoms with E-state index in [0.29, 0.717) is 21.9 Å². The topological polar surface area (TPSA) is 74.0 Å². The summed E-state index contributed by atoms with van der Waals surface area (Å²) < 4.78 is 0. The van der Waals surface area contributed by atoms with Crippen LogP contribution in [0.5, 0.6) is 5.75 Å². The Morgan fingerprint density at radius 1 is 1.15 bits per heavy atom. The van der Waals surface area contributed by atoms with E-state index >= 15 is 0 Å². The van der Waals surface area contributed by atoms with Crippen LogP contribution in [0.25, 0.3) is 0 Å². The summed E-state index contributed by atoms with van der Waals surface area (Å²) in [7, 11) is 0. The molecule has 1 aromatic carbocycles. The van der Waals surface area contributed by atoms with Crippen molar-refractivity contribution in [3.05, 3.63) is 29.3 Å². The van der Waals surface area contributed by atoms with Gasteiger partial charge in [-0.2, -0.15) is 5.10 Å². The van der Waals surface area contributed by atoms with Crippen LogP contribution in [0.3, 0.4) is 0 Å². The van der Waals surface area contributed by atoms with Gasteiger partial charge < -0.3 is 10.4 Å². The molecule has 4 saturated carbocycles. The highest BCUT2D eigenvalue weighted by molar-refractivity contribution is 8.15. The number of phenols is 1. The molecule has 0 aromatic heterocycles. The Balaban J connectivity index is 1.41. The minimum atomic E-state index is -0.0457. The van der Waals surface area contributed by atoms with Crippen LogP contribution in [0.2, 0.25) is 0 Å².